The van der Waals surface area contributed by atoms with Crippen LogP contribution in [0.15, 0.2) is 0 Å². The minimum atomic E-state index is 0.0289. The number of hydrogen-bond donors (Lipinski definition) is 1. The third-order valence-corrected chi connectivity index (χ3v) is 5.72. The van der Waals surface area contributed by atoms with E-state index in [4.69, 9.17) is 0 Å². The first-order valence-electron chi connectivity index (χ1n) is 8.14. The summed E-state index contributed by atoms with van der Waals surface area (Å²) < 4.78 is 0. The van der Waals surface area contributed by atoms with Crippen molar-refractivity contribution in [2.45, 2.75) is 51.9 Å². The van der Waals surface area contributed by atoms with E-state index in [9.17, 15) is 9.59 Å². The number of carbonyl (C=O) groups excluding carboxylic acids is 2. The van der Waals surface area contributed by atoms with Gasteiger partial charge in [0.25, 0.3) is 0 Å². The van der Waals surface area contributed by atoms with E-state index in [0.29, 0.717) is 31.2 Å². The Bertz CT molecular complexity index is 381. The van der Waals surface area contributed by atoms with Gasteiger partial charge in [0.15, 0.2) is 0 Å². The van der Waals surface area contributed by atoms with Crippen LogP contribution in [0.2, 0.25) is 0 Å². The van der Waals surface area contributed by atoms with Crippen LogP contribution in [0.4, 0.5) is 0 Å². The molecular formula is C16H26N2O2. The van der Waals surface area contributed by atoms with Crippen molar-refractivity contribution in [2.75, 3.05) is 19.6 Å². The fraction of sp³-hybridized carbons (Fsp3) is 0.875. The number of rotatable bonds is 2. The molecule has 3 fully saturated rings. The van der Waals surface area contributed by atoms with Crippen LogP contribution in [0.5, 0.6) is 0 Å². The Balaban J connectivity index is 1.65. The Kier molecular flexibility index (Phi) is 3.85. The zero-order chi connectivity index (χ0) is 14.2. The van der Waals surface area contributed by atoms with E-state index in [1.807, 2.05) is 0 Å². The van der Waals surface area contributed by atoms with Crippen LogP contribution < -0.4 is 5.32 Å². The molecule has 2 aliphatic heterocycles. The molecule has 0 bridgehead atoms. The van der Waals surface area contributed by atoms with Gasteiger partial charge in [0.05, 0.1) is 0 Å². The minimum Gasteiger partial charge on any atom is -0.316 e. The molecule has 3 aliphatic rings. The molecule has 2 atom stereocenters. The quantitative estimate of drug-likeness (QED) is 0.785. The maximum Gasteiger partial charge on any atom is 0.229 e. The van der Waals surface area contributed by atoms with Crippen LogP contribution in [0.25, 0.3) is 0 Å². The summed E-state index contributed by atoms with van der Waals surface area (Å²) in [6.07, 6.45) is 6.86. The van der Waals surface area contributed by atoms with E-state index in [-0.39, 0.29) is 17.2 Å². The van der Waals surface area contributed by atoms with Gasteiger partial charge in [0, 0.05) is 19.4 Å². The molecule has 2 amide bonds. The van der Waals surface area contributed by atoms with E-state index in [1.165, 1.54) is 12.8 Å². The maximum absolute atomic E-state index is 12.4. The van der Waals surface area contributed by atoms with Gasteiger partial charge in [-0.25, -0.2) is 0 Å². The van der Waals surface area contributed by atoms with Crippen LogP contribution in [0, 0.1) is 17.3 Å². The lowest BCUT2D eigenvalue weighted by Crippen LogP contribution is -2.51. The Morgan fingerprint density at radius 2 is 1.85 bits per heavy atom. The molecule has 1 spiro atoms. The molecule has 2 unspecified atom stereocenters. The lowest BCUT2D eigenvalue weighted by Gasteiger charge is -2.40. The van der Waals surface area contributed by atoms with E-state index in [2.05, 4.69) is 12.2 Å². The van der Waals surface area contributed by atoms with Crippen LogP contribution in [0.1, 0.15) is 51.9 Å². The molecule has 3 rings (SSSR count). The third-order valence-electron chi connectivity index (χ3n) is 5.72. The van der Waals surface area contributed by atoms with Gasteiger partial charge in [-0.2, -0.15) is 0 Å². The molecule has 0 aromatic heterocycles. The van der Waals surface area contributed by atoms with Crippen molar-refractivity contribution in [1.82, 2.24) is 10.2 Å². The molecule has 1 saturated carbocycles. The molecule has 4 nitrogen and oxygen atoms in total. The summed E-state index contributed by atoms with van der Waals surface area (Å²) in [5.41, 5.74) is 0.0289. The molecule has 4 heteroatoms. The van der Waals surface area contributed by atoms with Crippen molar-refractivity contribution in [2.24, 2.45) is 17.3 Å². The van der Waals surface area contributed by atoms with Gasteiger partial charge in [-0.15, -0.1) is 0 Å². The van der Waals surface area contributed by atoms with Gasteiger partial charge < -0.3 is 5.32 Å². The number of amides is 2. The second-order valence-corrected chi connectivity index (χ2v) is 7.19. The monoisotopic (exact) mass is 278 g/mol. The molecule has 2 saturated heterocycles. The van der Waals surface area contributed by atoms with Crippen molar-refractivity contribution in [1.29, 1.82) is 0 Å². The topological polar surface area (TPSA) is 49.4 Å². The highest BCUT2D eigenvalue weighted by molar-refractivity contribution is 5.98. The fourth-order valence-electron chi connectivity index (χ4n) is 4.25. The van der Waals surface area contributed by atoms with Crippen LogP contribution >= 0.6 is 0 Å². The Labute approximate surface area is 121 Å². The standard InChI is InChI=1S/C16H26N2O2/c1-12-4-7-17-10-13(12)11-18-14(19)8-16(9-15(18)20)5-2-3-6-16/h12-13,17H,2-11H2,1H3. The summed E-state index contributed by atoms with van der Waals surface area (Å²) in [5, 5.41) is 3.38. The fourth-order valence-corrected chi connectivity index (χ4v) is 4.25. The zero-order valence-corrected chi connectivity index (χ0v) is 12.5. The van der Waals surface area contributed by atoms with Gasteiger partial charge in [0.1, 0.15) is 0 Å². The van der Waals surface area contributed by atoms with E-state index in [1.54, 1.807) is 4.90 Å². The zero-order valence-electron chi connectivity index (χ0n) is 12.5. The van der Waals surface area contributed by atoms with E-state index in [0.717, 1.165) is 32.4 Å². The number of carbonyl (C=O) groups is 2. The van der Waals surface area contributed by atoms with Gasteiger partial charge in [-0.3, -0.25) is 14.5 Å². The van der Waals surface area contributed by atoms with Gasteiger partial charge in [0.2, 0.25) is 11.8 Å². The summed E-state index contributed by atoms with van der Waals surface area (Å²) in [6, 6.07) is 0. The highest BCUT2D eigenvalue weighted by Gasteiger charge is 2.45. The van der Waals surface area contributed by atoms with E-state index < -0.39 is 0 Å². The molecule has 1 N–H and O–H groups in total. The molecule has 0 radical (unpaired) electrons. The first kappa shape index (κ1) is 14.1. The molecule has 2 heterocycles. The van der Waals surface area contributed by atoms with Crippen LogP contribution in [-0.4, -0.2) is 36.3 Å². The summed E-state index contributed by atoms with van der Waals surface area (Å²) >= 11 is 0. The van der Waals surface area contributed by atoms with E-state index >= 15 is 0 Å². The Morgan fingerprint density at radius 3 is 2.45 bits per heavy atom. The number of hydrogen-bond acceptors (Lipinski definition) is 3. The smallest absolute Gasteiger partial charge is 0.229 e. The number of imide groups is 1. The predicted molar refractivity (Wildman–Crippen MR) is 77.0 cm³/mol. The maximum atomic E-state index is 12.4. The largest absolute Gasteiger partial charge is 0.316 e. The molecular weight excluding hydrogens is 252 g/mol. The van der Waals surface area contributed by atoms with Crippen molar-refractivity contribution in [3.63, 3.8) is 0 Å². The van der Waals surface area contributed by atoms with Crippen LogP contribution in [-0.2, 0) is 9.59 Å². The number of piperidine rings is 2. The summed E-state index contributed by atoms with van der Waals surface area (Å²) in [4.78, 5) is 26.4. The lowest BCUT2D eigenvalue weighted by molar-refractivity contribution is -0.154. The van der Waals surface area contributed by atoms with Gasteiger partial charge in [-0.05, 0) is 49.6 Å². The molecule has 0 aromatic rings. The normalized spacial score (nSPS) is 34.0. The first-order valence-corrected chi connectivity index (χ1v) is 8.14. The lowest BCUT2D eigenvalue weighted by atomic mass is 9.76. The Hall–Kier alpha value is -0.900. The SMILES string of the molecule is CC1CCNCC1CN1C(=O)CC2(CCCC2)CC1=O. The average molecular weight is 278 g/mol. The minimum absolute atomic E-state index is 0.0289. The van der Waals surface area contributed by atoms with Crippen molar-refractivity contribution < 1.29 is 9.59 Å². The number of nitrogens with one attached hydrogen (secondary N) is 1. The van der Waals surface area contributed by atoms with Crippen molar-refractivity contribution in [3.8, 4) is 0 Å². The highest BCUT2D eigenvalue weighted by atomic mass is 16.2. The molecule has 20 heavy (non-hydrogen) atoms. The second-order valence-electron chi connectivity index (χ2n) is 7.19. The predicted octanol–water partition coefficient (Wildman–Crippen LogP) is 1.94. The summed E-state index contributed by atoms with van der Waals surface area (Å²) in [6.45, 7) is 4.86. The molecule has 0 aromatic carbocycles. The third kappa shape index (κ3) is 2.62. The average Bonchev–Trinajstić information content (AvgIpc) is 2.84. The van der Waals surface area contributed by atoms with Crippen molar-refractivity contribution >= 4 is 11.8 Å². The number of likely N-dealkylation sites (tertiary alicyclic amines) is 1. The summed E-state index contributed by atoms with van der Waals surface area (Å²) in [7, 11) is 0. The first-order chi connectivity index (χ1) is 9.60. The van der Waals surface area contributed by atoms with Gasteiger partial charge in [-0.1, -0.05) is 19.8 Å². The van der Waals surface area contributed by atoms with Gasteiger partial charge >= 0.3 is 0 Å². The molecule has 1 aliphatic carbocycles. The van der Waals surface area contributed by atoms with Crippen molar-refractivity contribution in [3.05, 3.63) is 0 Å². The second kappa shape index (κ2) is 5.47. The molecule has 112 valence electrons. The van der Waals surface area contributed by atoms with Crippen LogP contribution in [0.3, 0.4) is 0 Å². The summed E-state index contributed by atoms with van der Waals surface area (Å²) in [5.74, 6) is 1.19. The Morgan fingerprint density at radius 1 is 1.20 bits per heavy atom. The highest BCUT2D eigenvalue weighted by Crippen LogP contribution is 2.47. The number of nitrogens with zero attached hydrogens (tertiary/aromatic N) is 1.